The van der Waals surface area contributed by atoms with Crippen molar-refractivity contribution in [3.8, 4) is 0 Å². The highest BCUT2D eigenvalue weighted by Crippen LogP contribution is 2.66. The standard InChI is InChI=1S/C32H43F3O/c1-20(10-11-21-8-6-7-9-24(21)32(33,34)35)23-13-14-25-22-12-15-27-29(2,3)28(36)17-19-31(27,5)26(22)16-18-30(23,25)4/h6-9,14,20,23,27-28,36H,10-13,15-19H2,1-5H3/p+1/t20-,23-,27+,28+,30-,31-/m1/s1. The van der Waals surface area contributed by atoms with Crippen molar-refractivity contribution in [1.82, 2.24) is 0 Å². The van der Waals surface area contributed by atoms with Gasteiger partial charge in [0.25, 0.3) is 0 Å². The number of aliphatic hydroxyl groups excluding tert-OH is 1. The quantitative estimate of drug-likeness (QED) is 0.436. The van der Waals surface area contributed by atoms with Crippen LogP contribution in [-0.2, 0) is 12.6 Å². The molecule has 1 saturated carbocycles. The summed E-state index contributed by atoms with van der Waals surface area (Å²) in [4.78, 5) is 0. The number of allylic oxidation sites excluding steroid dienone is 4. The Morgan fingerprint density at radius 1 is 1.03 bits per heavy atom. The van der Waals surface area contributed by atoms with Crippen molar-refractivity contribution >= 4 is 0 Å². The molecule has 1 N–H and O–H groups in total. The van der Waals surface area contributed by atoms with Crippen molar-refractivity contribution in [3.63, 3.8) is 0 Å². The van der Waals surface area contributed by atoms with Gasteiger partial charge in [-0.2, -0.15) is 13.2 Å². The van der Waals surface area contributed by atoms with E-state index in [2.05, 4.69) is 40.7 Å². The van der Waals surface area contributed by atoms with E-state index in [0.29, 0.717) is 29.7 Å². The lowest BCUT2D eigenvalue weighted by atomic mass is 9.46. The third kappa shape index (κ3) is 3.92. The average Bonchev–Trinajstić information content (AvgIpc) is 3.17. The molecule has 0 radical (unpaired) electrons. The first kappa shape index (κ1) is 26.1. The third-order valence-corrected chi connectivity index (χ3v) is 11.3. The van der Waals surface area contributed by atoms with Gasteiger partial charge in [0, 0.05) is 0 Å². The molecule has 4 aliphatic rings. The van der Waals surface area contributed by atoms with Gasteiger partial charge in [0.05, 0.1) is 11.7 Å². The van der Waals surface area contributed by atoms with Crippen LogP contribution in [0.1, 0.15) is 98.5 Å². The highest BCUT2D eigenvalue weighted by Gasteiger charge is 2.57. The largest absolute Gasteiger partial charge is 1.00 e. The summed E-state index contributed by atoms with van der Waals surface area (Å²) in [5.41, 5.74) is 5.00. The van der Waals surface area contributed by atoms with Gasteiger partial charge in [-0.1, -0.05) is 64.5 Å². The Labute approximate surface area is 216 Å². The number of aliphatic hydroxyl groups is 1. The van der Waals surface area contributed by atoms with Crippen LogP contribution < -0.4 is 0 Å². The van der Waals surface area contributed by atoms with E-state index in [1.807, 2.05) is 0 Å². The number of fused-ring (bicyclic) bond motifs is 4. The Hall–Kier alpha value is -1.55. The molecule has 1 aromatic carbocycles. The fourth-order valence-corrected chi connectivity index (χ4v) is 9.18. The van der Waals surface area contributed by atoms with E-state index < -0.39 is 11.7 Å². The second-order valence-electron chi connectivity index (χ2n) is 13.4. The molecule has 0 amide bonds. The van der Waals surface area contributed by atoms with Crippen LogP contribution in [0.25, 0.3) is 0 Å². The summed E-state index contributed by atoms with van der Waals surface area (Å²) < 4.78 is 40.5. The van der Waals surface area contributed by atoms with Crippen LogP contribution in [-0.4, -0.2) is 11.2 Å². The van der Waals surface area contributed by atoms with Gasteiger partial charge in [-0.3, -0.25) is 0 Å². The average molecular weight is 502 g/mol. The molecule has 6 atom stereocenters. The number of rotatable bonds is 4. The molecule has 36 heavy (non-hydrogen) atoms. The van der Waals surface area contributed by atoms with Crippen molar-refractivity contribution < 1.29 is 19.7 Å². The lowest BCUT2D eigenvalue weighted by molar-refractivity contribution is -0.138. The van der Waals surface area contributed by atoms with Crippen LogP contribution in [0, 0.1) is 34.0 Å². The Morgan fingerprint density at radius 2 is 1.75 bits per heavy atom. The van der Waals surface area contributed by atoms with Crippen molar-refractivity contribution in [2.45, 2.75) is 105 Å². The molecule has 0 bridgehead atoms. The predicted molar refractivity (Wildman–Crippen MR) is 140 cm³/mol. The van der Waals surface area contributed by atoms with Crippen LogP contribution in [0.2, 0.25) is 0 Å². The monoisotopic (exact) mass is 501 g/mol. The zero-order valence-electron chi connectivity index (χ0n) is 23.6. The summed E-state index contributed by atoms with van der Waals surface area (Å²) in [6.07, 6.45) is 6.74. The molecule has 0 heterocycles. The maximum Gasteiger partial charge on any atom is 1.00 e. The summed E-state index contributed by atoms with van der Waals surface area (Å²) in [6, 6.07) is 6.08. The van der Waals surface area contributed by atoms with E-state index in [0.717, 1.165) is 51.4 Å². The Morgan fingerprint density at radius 3 is 2.47 bits per heavy atom. The molecule has 1 fully saturated rings. The van der Waals surface area contributed by atoms with Crippen molar-refractivity contribution in [1.29, 1.82) is 0 Å². The second kappa shape index (κ2) is 8.75. The second-order valence-corrected chi connectivity index (χ2v) is 13.4. The van der Waals surface area contributed by atoms with Crippen molar-refractivity contribution in [2.75, 3.05) is 0 Å². The van der Waals surface area contributed by atoms with Crippen LogP contribution >= 0.6 is 0 Å². The first-order valence-electron chi connectivity index (χ1n) is 14.1. The number of aryl methyl sites for hydroxylation is 1. The van der Waals surface area contributed by atoms with E-state index in [-0.39, 0.29) is 23.8 Å². The number of benzene rings is 1. The molecule has 4 heteroatoms. The topological polar surface area (TPSA) is 20.2 Å². The lowest BCUT2D eigenvalue weighted by Crippen LogP contribution is -2.53. The van der Waals surface area contributed by atoms with Gasteiger partial charge < -0.3 is 5.11 Å². The molecule has 0 aromatic heterocycles. The zero-order chi connectivity index (χ0) is 26.1. The van der Waals surface area contributed by atoms with Gasteiger partial charge in [-0.15, -0.1) is 0 Å². The van der Waals surface area contributed by atoms with E-state index >= 15 is 0 Å². The first-order valence-corrected chi connectivity index (χ1v) is 14.1. The van der Waals surface area contributed by atoms with Gasteiger partial charge in [0.1, 0.15) is 0 Å². The van der Waals surface area contributed by atoms with Crippen LogP contribution in [0.3, 0.4) is 0 Å². The Bertz CT molecular complexity index is 1090. The summed E-state index contributed by atoms with van der Waals surface area (Å²) in [5.74, 6) is 1.36. The highest BCUT2D eigenvalue weighted by atomic mass is 19.4. The summed E-state index contributed by atoms with van der Waals surface area (Å²) >= 11 is 0. The molecular formula is C32H44F3O+. The van der Waals surface area contributed by atoms with Gasteiger partial charge in [-0.25, -0.2) is 0 Å². The van der Waals surface area contributed by atoms with Gasteiger partial charge in [-0.05, 0) is 115 Å². The van der Waals surface area contributed by atoms with Crippen LogP contribution in [0.5, 0.6) is 0 Å². The summed E-state index contributed by atoms with van der Waals surface area (Å²) in [6.45, 7) is 11.7. The molecule has 198 valence electrons. The molecule has 4 aliphatic carbocycles. The summed E-state index contributed by atoms with van der Waals surface area (Å²) in [5, 5.41) is 10.8. The zero-order valence-corrected chi connectivity index (χ0v) is 22.6. The molecule has 1 aromatic rings. The third-order valence-electron chi connectivity index (χ3n) is 11.3. The minimum Gasteiger partial charge on any atom is -0.393 e. The number of halogens is 3. The minimum absolute atomic E-state index is 0. The van der Waals surface area contributed by atoms with Crippen LogP contribution in [0.15, 0.2) is 47.1 Å². The Kier molecular flexibility index (Phi) is 6.34. The van der Waals surface area contributed by atoms with E-state index in [1.54, 1.807) is 28.9 Å². The maximum absolute atomic E-state index is 13.5. The molecular weight excluding hydrogens is 457 g/mol. The normalized spacial score (nSPS) is 36.6. The fourth-order valence-electron chi connectivity index (χ4n) is 9.18. The van der Waals surface area contributed by atoms with E-state index in [9.17, 15) is 18.3 Å². The van der Waals surface area contributed by atoms with E-state index in [4.69, 9.17) is 0 Å². The maximum atomic E-state index is 13.5. The van der Waals surface area contributed by atoms with E-state index in [1.165, 1.54) is 12.1 Å². The molecule has 0 aliphatic heterocycles. The predicted octanol–water partition coefficient (Wildman–Crippen LogP) is 9.03. The molecule has 5 rings (SSSR count). The Balaban J connectivity index is 0.00000320. The highest BCUT2D eigenvalue weighted by molar-refractivity contribution is 5.50. The van der Waals surface area contributed by atoms with Gasteiger partial charge >= 0.3 is 7.60 Å². The molecule has 0 saturated heterocycles. The lowest BCUT2D eigenvalue weighted by Gasteiger charge is -2.59. The first-order chi connectivity index (χ1) is 16.8. The van der Waals surface area contributed by atoms with Gasteiger partial charge in [0.15, 0.2) is 0 Å². The minimum atomic E-state index is -4.29. The molecule has 1 nitrogen and oxygen atoms in total. The number of alkyl halides is 3. The van der Waals surface area contributed by atoms with Crippen molar-refractivity contribution in [2.24, 2.45) is 34.0 Å². The fraction of sp³-hybridized carbons (Fsp3) is 0.688. The smallest absolute Gasteiger partial charge is 0.393 e. The van der Waals surface area contributed by atoms with Gasteiger partial charge in [0.2, 0.25) is 0 Å². The van der Waals surface area contributed by atoms with Crippen molar-refractivity contribution in [3.05, 3.63) is 58.2 Å². The number of hydrogen-bond acceptors (Lipinski definition) is 1. The SMILES string of the molecule is C[C@H](CCc1ccccc1C(F)(F)F)[C@H]1CC=C2C3=C(CC[C@@]21C)[C@@]1(C)CC[C@H](O)C(C)(C)[C@@H]1CC3.[H+]. The van der Waals surface area contributed by atoms with Crippen LogP contribution in [0.4, 0.5) is 13.2 Å². The number of hydrogen-bond donors (Lipinski definition) is 1. The molecule has 0 unspecified atom stereocenters. The summed E-state index contributed by atoms with van der Waals surface area (Å²) in [7, 11) is 0. The molecule has 0 spiro atoms.